The largest absolute Gasteiger partial charge is 0.357 e. The highest BCUT2D eigenvalue weighted by atomic mass is 35.5. The first-order chi connectivity index (χ1) is 8.58. The lowest BCUT2D eigenvalue weighted by Crippen LogP contribution is -2.38. The Morgan fingerprint density at radius 1 is 1.44 bits per heavy atom. The summed E-state index contributed by atoms with van der Waals surface area (Å²) in [7, 11) is 0. The SMILES string of the molecule is CCC1(C)CCN(c2cc(CN)c(Cl)cn2)CC1. The number of nitrogens with two attached hydrogens (primary N) is 1. The van der Waals surface area contributed by atoms with Crippen LogP contribution in [0.3, 0.4) is 0 Å². The highest BCUT2D eigenvalue weighted by Gasteiger charge is 2.28. The summed E-state index contributed by atoms with van der Waals surface area (Å²) in [6.45, 7) is 7.27. The molecule has 4 heteroatoms. The minimum atomic E-state index is 0.467. The molecule has 2 heterocycles. The maximum absolute atomic E-state index is 6.04. The zero-order valence-electron chi connectivity index (χ0n) is 11.2. The van der Waals surface area contributed by atoms with E-state index >= 15 is 0 Å². The Morgan fingerprint density at radius 3 is 2.67 bits per heavy atom. The maximum Gasteiger partial charge on any atom is 0.128 e. The fourth-order valence-electron chi connectivity index (χ4n) is 2.43. The van der Waals surface area contributed by atoms with Gasteiger partial charge in [0, 0.05) is 25.8 Å². The number of halogens is 1. The van der Waals surface area contributed by atoms with Gasteiger partial charge in [0.05, 0.1) is 5.02 Å². The lowest BCUT2D eigenvalue weighted by atomic mass is 9.78. The molecule has 0 aliphatic carbocycles. The minimum absolute atomic E-state index is 0.467. The molecule has 0 bridgehead atoms. The molecule has 2 N–H and O–H groups in total. The van der Waals surface area contributed by atoms with E-state index in [-0.39, 0.29) is 0 Å². The molecule has 3 nitrogen and oxygen atoms in total. The van der Waals surface area contributed by atoms with Crippen LogP contribution in [-0.4, -0.2) is 18.1 Å². The number of anilines is 1. The van der Waals surface area contributed by atoms with Gasteiger partial charge in [-0.15, -0.1) is 0 Å². The second kappa shape index (κ2) is 5.45. The van der Waals surface area contributed by atoms with E-state index in [1.54, 1.807) is 6.20 Å². The molecule has 100 valence electrons. The first-order valence-corrected chi connectivity index (χ1v) is 7.05. The quantitative estimate of drug-likeness (QED) is 0.914. The van der Waals surface area contributed by atoms with Crippen LogP contribution in [0.5, 0.6) is 0 Å². The highest BCUT2D eigenvalue weighted by Crippen LogP contribution is 2.35. The van der Waals surface area contributed by atoms with E-state index in [0.717, 1.165) is 24.5 Å². The molecular formula is C14H22ClN3. The van der Waals surface area contributed by atoms with Gasteiger partial charge in [-0.25, -0.2) is 4.98 Å². The van der Waals surface area contributed by atoms with E-state index in [0.29, 0.717) is 17.0 Å². The van der Waals surface area contributed by atoms with Crippen LogP contribution in [0.25, 0.3) is 0 Å². The van der Waals surface area contributed by atoms with E-state index in [4.69, 9.17) is 17.3 Å². The molecule has 0 atom stereocenters. The summed E-state index contributed by atoms with van der Waals surface area (Å²) in [5, 5.41) is 0.664. The van der Waals surface area contributed by atoms with Gasteiger partial charge in [0.1, 0.15) is 5.82 Å². The second-order valence-electron chi connectivity index (χ2n) is 5.49. The van der Waals surface area contributed by atoms with Crippen molar-refractivity contribution in [2.45, 2.75) is 39.7 Å². The standard InChI is InChI=1S/C14H22ClN3/c1-3-14(2)4-6-18(7-5-14)13-8-11(9-16)12(15)10-17-13/h8,10H,3-7,9,16H2,1-2H3. The van der Waals surface area contributed by atoms with Gasteiger partial charge in [0.2, 0.25) is 0 Å². The van der Waals surface area contributed by atoms with E-state index < -0.39 is 0 Å². The number of rotatable bonds is 3. The van der Waals surface area contributed by atoms with Crippen molar-refractivity contribution < 1.29 is 0 Å². The van der Waals surface area contributed by atoms with Crippen molar-refractivity contribution in [1.29, 1.82) is 0 Å². The molecule has 1 saturated heterocycles. The van der Waals surface area contributed by atoms with Crippen LogP contribution in [0, 0.1) is 5.41 Å². The van der Waals surface area contributed by atoms with E-state index in [2.05, 4.69) is 23.7 Å². The number of piperidine rings is 1. The van der Waals surface area contributed by atoms with Gasteiger partial charge in [-0.3, -0.25) is 0 Å². The molecular weight excluding hydrogens is 246 g/mol. The van der Waals surface area contributed by atoms with Gasteiger partial charge in [-0.05, 0) is 29.9 Å². The molecule has 0 saturated carbocycles. The Labute approximate surface area is 114 Å². The Hall–Kier alpha value is -0.800. The summed E-state index contributed by atoms with van der Waals surface area (Å²) < 4.78 is 0. The summed E-state index contributed by atoms with van der Waals surface area (Å²) in [4.78, 5) is 6.76. The topological polar surface area (TPSA) is 42.1 Å². The van der Waals surface area contributed by atoms with E-state index in [1.807, 2.05) is 6.07 Å². The third-order valence-corrected chi connectivity index (χ3v) is 4.63. The molecule has 0 radical (unpaired) electrons. The summed E-state index contributed by atoms with van der Waals surface area (Å²) in [5.74, 6) is 1.01. The molecule has 1 aliphatic rings. The monoisotopic (exact) mass is 267 g/mol. The van der Waals surface area contributed by atoms with Crippen molar-refractivity contribution in [2.24, 2.45) is 11.1 Å². The summed E-state index contributed by atoms with van der Waals surface area (Å²) in [6, 6.07) is 2.02. The van der Waals surface area contributed by atoms with Crippen molar-refractivity contribution in [1.82, 2.24) is 4.98 Å². The Morgan fingerprint density at radius 2 is 2.11 bits per heavy atom. The number of nitrogens with zero attached hydrogens (tertiary/aromatic N) is 2. The molecule has 2 rings (SSSR count). The van der Waals surface area contributed by atoms with Crippen LogP contribution >= 0.6 is 11.6 Å². The number of hydrogen-bond acceptors (Lipinski definition) is 3. The van der Waals surface area contributed by atoms with Crippen molar-refractivity contribution in [3.8, 4) is 0 Å². The van der Waals surface area contributed by atoms with Crippen LogP contribution in [0.4, 0.5) is 5.82 Å². The molecule has 0 aromatic carbocycles. The molecule has 0 unspecified atom stereocenters. The molecule has 0 spiro atoms. The van der Waals surface area contributed by atoms with Gasteiger partial charge in [0.25, 0.3) is 0 Å². The third-order valence-electron chi connectivity index (χ3n) is 4.29. The summed E-state index contributed by atoms with van der Waals surface area (Å²) in [6.07, 6.45) is 5.42. The predicted octanol–water partition coefficient (Wildman–Crippen LogP) is 3.21. The summed E-state index contributed by atoms with van der Waals surface area (Å²) in [5.41, 5.74) is 7.16. The Balaban J connectivity index is 2.10. The predicted molar refractivity (Wildman–Crippen MR) is 77.0 cm³/mol. The minimum Gasteiger partial charge on any atom is -0.357 e. The lowest BCUT2D eigenvalue weighted by molar-refractivity contribution is 0.238. The normalized spacial score (nSPS) is 19.0. The molecule has 1 aliphatic heterocycles. The van der Waals surface area contributed by atoms with Crippen LogP contribution in [-0.2, 0) is 6.54 Å². The highest BCUT2D eigenvalue weighted by molar-refractivity contribution is 6.31. The van der Waals surface area contributed by atoms with Gasteiger partial charge < -0.3 is 10.6 Å². The van der Waals surface area contributed by atoms with Crippen molar-refractivity contribution >= 4 is 17.4 Å². The van der Waals surface area contributed by atoms with Gasteiger partial charge >= 0.3 is 0 Å². The van der Waals surface area contributed by atoms with Crippen molar-refractivity contribution in [3.63, 3.8) is 0 Å². The number of aromatic nitrogens is 1. The van der Waals surface area contributed by atoms with Gasteiger partial charge in [-0.2, -0.15) is 0 Å². The molecule has 1 aromatic heterocycles. The third kappa shape index (κ3) is 2.78. The van der Waals surface area contributed by atoms with E-state index in [1.165, 1.54) is 19.3 Å². The number of pyridine rings is 1. The molecule has 0 amide bonds. The fourth-order valence-corrected chi connectivity index (χ4v) is 2.61. The second-order valence-corrected chi connectivity index (χ2v) is 5.90. The zero-order valence-corrected chi connectivity index (χ0v) is 12.0. The number of hydrogen-bond donors (Lipinski definition) is 1. The van der Waals surface area contributed by atoms with Crippen LogP contribution in [0.15, 0.2) is 12.3 Å². The molecule has 1 aromatic rings. The van der Waals surface area contributed by atoms with Crippen molar-refractivity contribution in [2.75, 3.05) is 18.0 Å². The van der Waals surface area contributed by atoms with Crippen LogP contribution in [0.2, 0.25) is 5.02 Å². The first kappa shape index (κ1) is 13.6. The van der Waals surface area contributed by atoms with Crippen molar-refractivity contribution in [3.05, 3.63) is 22.8 Å². The molecule has 1 fully saturated rings. The van der Waals surface area contributed by atoms with E-state index in [9.17, 15) is 0 Å². The first-order valence-electron chi connectivity index (χ1n) is 6.67. The summed E-state index contributed by atoms with van der Waals surface area (Å²) >= 11 is 6.04. The Bertz CT molecular complexity index is 412. The van der Waals surface area contributed by atoms with Crippen LogP contribution in [0.1, 0.15) is 38.7 Å². The zero-order chi connectivity index (χ0) is 13.2. The fraction of sp³-hybridized carbons (Fsp3) is 0.643. The van der Waals surface area contributed by atoms with Gasteiger partial charge in [-0.1, -0.05) is 31.9 Å². The maximum atomic E-state index is 6.04. The average molecular weight is 268 g/mol. The lowest BCUT2D eigenvalue weighted by Gasteiger charge is -2.39. The smallest absolute Gasteiger partial charge is 0.128 e. The van der Waals surface area contributed by atoms with Crippen LogP contribution < -0.4 is 10.6 Å². The van der Waals surface area contributed by atoms with Gasteiger partial charge in [0.15, 0.2) is 0 Å². The average Bonchev–Trinajstić information content (AvgIpc) is 2.40. The Kier molecular flexibility index (Phi) is 4.13. The molecule has 18 heavy (non-hydrogen) atoms.